The smallest absolute Gasteiger partial charge is 0.372 e. The Morgan fingerprint density at radius 1 is 1.67 bits per heavy atom. The van der Waals surface area contributed by atoms with E-state index in [1.807, 2.05) is 0 Å². The predicted molar refractivity (Wildman–Crippen MR) is 65.7 cm³/mol. The first-order valence-corrected chi connectivity index (χ1v) is 6.25. The first-order chi connectivity index (χ1) is 8.58. The summed E-state index contributed by atoms with van der Waals surface area (Å²) in [5.41, 5.74) is 0.657. The van der Waals surface area contributed by atoms with Crippen molar-refractivity contribution in [3.63, 3.8) is 0 Å². The third kappa shape index (κ3) is 2.91. The quantitative estimate of drug-likeness (QED) is 0.839. The minimum atomic E-state index is -1.02. The van der Waals surface area contributed by atoms with Crippen LogP contribution in [0.3, 0.4) is 0 Å². The molecule has 0 aromatic carbocycles. The first kappa shape index (κ1) is 13.1. The number of ether oxygens (including phenoxy) is 1. The number of carboxylic acids is 1. The van der Waals surface area contributed by atoms with Crippen LogP contribution in [0.4, 0.5) is 0 Å². The Labute approximate surface area is 106 Å². The zero-order valence-corrected chi connectivity index (χ0v) is 10.7. The molecule has 1 aromatic rings. The van der Waals surface area contributed by atoms with Crippen molar-refractivity contribution in [2.75, 3.05) is 6.61 Å². The summed E-state index contributed by atoms with van der Waals surface area (Å²) in [7, 11) is 0. The summed E-state index contributed by atoms with van der Waals surface area (Å²) in [5.74, 6) is -0.350. The maximum absolute atomic E-state index is 10.8. The van der Waals surface area contributed by atoms with E-state index >= 15 is 0 Å². The highest BCUT2D eigenvalue weighted by Gasteiger charge is 2.22. The van der Waals surface area contributed by atoms with Gasteiger partial charge in [-0.2, -0.15) is 0 Å². The number of carbonyl (C=O) groups is 1. The van der Waals surface area contributed by atoms with Gasteiger partial charge in [0.1, 0.15) is 5.76 Å². The Hall–Kier alpha value is -1.33. The van der Waals surface area contributed by atoms with E-state index in [0.29, 0.717) is 17.9 Å². The first-order valence-electron chi connectivity index (χ1n) is 6.25. The summed E-state index contributed by atoms with van der Waals surface area (Å²) in [6.07, 6.45) is 2.44. The molecule has 1 saturated heterocycles. The van der Waals surface area contributed by atoms with Crippen LogP contribution in [0.15, 0.2) is 10.5 Å². The Morgan fingerprint density at radius 3 is 3.00 bits per heavy atom. The van der Waals surface area contributed by atoms with Gasteiger partial charge in [0.05, 0.1) is 12.6 Å². The van der Waals surface area contributed by atoms with Crippen LogP contribution in [0.5, 0.6) is 0 Å². The van der Waals surface area contributed by atoms with Gasteiger partial charge in [0.2, 0.25) is 5.76 Å². The van der Waals surface area contributed by atoms with E-state index in [-0.39, 0.29) is 17.9 Å². The molecule has 1 fully saturated rings. The lowest BCUT2D eigenvalue weighted by Crippen LogP contribution is -2.36. The van der Waals surface area contributed by atoms with Gasteiger partial charge in [-0.25, -0.2) is 4.79 Å². The van der Waals surface area contributed by atoms with Crippen molar-refractivity contribution in [3.8, 4) is 0 Å². The van der Waals surface area contributed by atoms with Gasteiger partial charge >= 0.3 is 5.97 Å². The fraction of sp³-hybridized carbons (Fsp3) is 0.615. The maximum atomic E-state index is 10.8. The predicted octanol–water partition coefficient (Wildman–Crippen LogP) is 1.94. The molecular formula is C13H19NO4. The number of aryl methyl sites for hydroxylation is 1. The fourth-order valence-electron chi connectivity index (χ4n) is 2.24. The van der Waals surface area contributed by atoms with Crippen LogP contribution < -0.4 is 5.32 Å². The van der Waals surface area contributed by atoms with Gasteiger partial charge in [0.15, 0.2) is 0 Å². The minimum absolute atomic E-state index is 0.0246. The van der Waals surface area contributed by atoms with Gasteiger partial charge in [0, 0.05) is 18.2 Å². The lowest BCUT2D eigenvalue weighted by molar-refractivity contribution is 0.0657. The van der Waals surface area contributed by atoms with Crippen molar-refractivity contribution in [2.24, 2.45) is 0 Å². The molecule has 2 N–H and O–H groups in total. The molecule has 0 aliphatic carbocycles. The average Bonchev–Trinajstić information content (AvgIpc) is 2.94. The highest BCUT2D eigenvalue weighted by molar-refractivity contribution is 5.86. The summed E-state index contributed by atoms with van der Waals surface area (Å²) in [5, 5.41) is 12.2. The molecule has 0 amide bonds. The van der Waals surface area contributed by atoms with Gasteiger partial charge in [-0.3, -0.25) is 0 Å². The summed E-state index contributed by atoms with van der Waals surface area (Å²) < 4.78 is 10.9. The lowest BCUT2D eigenvalue weighted by Gasteiger charge is -2.19. The monoisotopic (exact) mass is 253 g/mol. The summed E-state index contributed by atoms with van der Waals surface area (Å²) >= 11 is 0. The van der Waals surface area contributed by atoms with Gasteiger partial charge < -0.3 is 19.6 Å². The van der Waals surface area contributed by atoms with Crippen LogP contribution in [0.25, 0.3) is 0 Å². The van der Waals surface area contributed by atoms with E-state index in [0.717, 1.165) is 19.4 Å². The second-order valence-electron chi connectivity index (χ2n) is 4.75. The Morgan fingerprint density at radius 2 is 2.44 bits per heavy atom. The lowest BCUT2D eigenvalue weighted by atomic mass is 10.1. The third-order valence-electron chi connectivity index (χ3n) is 3.28. The van der Waals surface area contributed by atoms with Crippen molar-refractivity contribution in [2.45, 2.75) is 45.4 Å². The van der Waals surface area contributed by atoms with E-state index in [9.17, 15) is 4.79 Å². The second-order valence-corrected chi connectivity index (χ2v) is 4.75. The Bertz CT molecular complexity index is 421. The van der Waals surface area contributed by atoms with Crippen molar-refractivity contribution < 1.29 is 19.1 Å². The molecule has 2 unspecified atom stereocenters. The van der Waals surface area contributed by atoms with Gasteiger partial charge in [-0.15, -0.1) is 0 Å². The average molecular weight is 253 g/mol. The van der Waals surface area contributed by atoms with Crippen molar-refractivity contribution >= 4 is 5.97 Å². The SMILES string of the molecule is Cc1cc(CNC(C)C2CCCO2)oc1C(=O)O. The number of hydrogen-bond acceptors (Lipinski definition) is 4. The van der Waals surface area contributed by atoms with Crippen LogP contribution in [-0.2, 0) is 11.3 Å². The highest BCUT2D eigenvalue weighted by atomic mass is 16.5. The van der Waals surface area contributed by atoms with E-state index < -0.39 is 5.97 Å². The number of furan rings is 1. The van der Waals surface area contributed by atoms with E-state index in [1.165, 1.54) is 0 Å². The van der Waals surface area contributed by atoms with E-state index in [4.69, 9.17) is 14.3 Å². The van der Waals surface area contributed by atoms with Crippen molar-refractivity contribution in [1.29, 1.82) is 0 Å². The topological polar surface area (TPSA) is 71.7 Å². The molecule has 5 nitrogen and oxygen atoms in total. The number of nitrogens with one attached hydrogen (secondary N) is 1. The normalized spacial score (nSPS) is 21.1. The molecule has 2 atom stereocenters. The number of aromatic carboxylic acids is 1. The van der Waals surface area contributed by atoms with Crippen LogP contribution in [0.2, 0.25) is 0 Å². The molecule has 1 aromatic heterocycles. The van der Waals surface area contributed by atoms with Crippen LogP contribution in [0, 0.1) is 6.92 Å². The largest absolute Gasteiger partial charge is 0.475 e. The second kappa shape index (κ2) is 5.54. The molecule has 2 heterocycles. The molecule has 0 radical (unpaired) electrons. The fourth-order valence-corrected chi connectivity index (χ4v) is 2.24. The standard InChI is InChI=1S/C13H19NO4/c1-8-6-10(18-12(8)13(15)16)7-14-9(2)11-4-3-5-17-11/h6,9,11,14H,3-5,7H2,1-2H3,(H,15,16). The Balaban J connectivity index is 1.89. The van der Waals surface area contributed by atoms with Crippen LogP contribution >= 0.6 is 0 Å². The summed E-state index contributed by atoms with van der Waals surface area (Å²) in [6.45, 7) is 5.17. The van der Waals surface area contributed by atoms with Gasteiger partial charge in [0.25, 0.3) is 0 Å². The van der Waals surface area contributed by atoms with Gasteiger partial charge in [-0.05, 0) is 32.8 Å². The molecule has 2 rings (SSSR count). The Kier molecular flexibility index (Phi) is 4.04. The van der Waals surface area contributed by atoms with Crippen molar-refractivity contribution in [1.82, 2.24) is 5.32 Å². The molecule has 100 valence electrons. The number of hydrogen-bond donors (Lipinski definition) is 2. The molecule has 0 bridgehead atoms. The molecule has 0 spiro atoms. The van der Waals surface area contributed by atoms with Crippen molar-refractivity contribution in [3.05, 3.63) is 23.2 Å². The molecular weight excluding hydrogens is 234 g/mol. The zero-order valence-electron chi connectivity index (χ0n) is 10.7. The molecule has 1 aliphatic heterocycles. The van der Waals surface area contributed by atoms with Crippen LogP contribution in [0.1, 0.15) is 41.6 Å². The van der Waals surface area contributed by atoms with E-state index in [1.54, 1.807) is 13.0 Å². The minimum Gasteiger partial charge on any atom is -0.475 e. The number of carboxylic acid groups (broad SMARTS) is 1. The third-order valence-corrected chi connectivity index (χ3v) is 3.28. The molecule has 18 heavy (non-hydrogen) atoms. The summed E-state index contributed by atoms with van der Waals surface area (Å²) in [4.78, 5) is 10.8. The molecule has 5 heteroatoms. The summed E-state index contributed by atoms with van der Waals surface area (Å²) in [6, 6.07) is 2.00. The molecule has 0 saturated carbocycles. The zero-order chi connectivity index (χ0) is 13.1. The van der Waals surface area contributed by atoms with Gasteiger partial charge in [-0.1, -0.05) is 0 Å². The number of rotatable bonds is 5. The van der Waals surface area contributed by atoms with Crippen LogP contribution in [-0.4, -0.2) is 29.8 Å². The maximum Gasteiger partial charge on any atom is 0.372 e. The molecule has 1 aliphatic rings. The highest BCUT2D eigenvalue weighted by Crippen LogP contribution is 2.17. The van der Waals surface area contributed by atoms with E-state index in [2.05, 4.69) is 12.2 Å².